The molecular formula is C17H21N7. The minimum atomic E-state index is -0.421. The first kappa shape index (κ1) is 14.7. The third kappa shape index (κ3) is 2.42. The summed E-state index contributed by atoms with van der Waals surface area (Å²) < 4.78 is 0. The number of nitrogens with one attached hydrogen (secondary N) is 1. The molecule has 2 aromatic rings. The zero-order valence-corrected chi connectivity index (χ0v) is 13.4. The lowest BCUT2D eigenvalue weighted by molar-refractivity contribution is 0.305. The fraction of sp³-hybridized carbons (Fsp3) is 0.353. The van der Waals surface area contributed by atoms with Crippen molar-refractivity contribution in [1.82, 2.24) is 9.97 Å². The summed E-state index contributed by atoms with van der Waals surface area (Å²) in [4.78, 5) is 18.4. The number of aliphatic imine (C=N–C) groups is 2. The molecular weight excluding hydrogens is 302 g/mol. The molecule has 0 saturated heterocycles. The van der Waals surface area contributed by atoms with Crippen molar-refractivity contribution in [3.63, 3.8) is 0 Å². The Morgan fingerprint density at radius 3 is 2.71 bits per heavy atom. The lowest BCUT2D eigenvalue weighted by Gasteiger charge is -2.45. The van der Waals surface area contributed by atoms with E-state index in [4.69, 9.17) is 16.5 Å². The number of anilines is 1. The molecule has 5 N–H and O–H groups in total. The van der Waals surface area contributed by atoms with Gasteiger partial charge < -0.3 is 16.5 Å². The Bertz CT molecular complexity index is 785. The zero-order valence-electron chi connectivity index (χ0n) is 13.4. The third-order valence-corrected chi connectivity index (χ3v) is 4.73. The number of H-pyrrole nitrogens is 1. The van der Waals surface area contributed by atoms with Gasteiger partial charge in [0.2, 0.25) is 11.9 Å². The van der Waals surface area contributed by atoms with Crippen LogP contribution in [0.1, 0.15) is 32.1 Å². The molecule has 7 heteroatoms. The monoisotopic (exact) mass is 323 g/mol. The minimum absolute atomic E-state index is 0.271. The van der Waals surface area contributed by atoms with Gasteiger partial charge in [0.1, 0.15) is 11.5 Å². The van der Waals surface area contributed by atoms with Crippen LogP contribution in [0.2, 0.25) is 0 Å². The number of guanidine groups is 2. The quantitative estimate of drug-likeness (QED) is 0.787. The molecule has 1 fully saturated rings. The van der Waals surface area contributed by atoms with Crippen molar-refractivity contribution in [1.29, 1.82) is 0 Å². The normalized spacial score (nSPS) is 19.9. The molecule has 2 heterocycles. The fourth-order valence-electron chi connectivity index (χ4n) is 3.71. The standard InChI is InChI=1S/C17H21N7/c18-15-22-16(19)24(17(23-15)7-2-1-3-8-17)13-6-4-5-12(11-13)14-20-9-10-21-14/h4-6,9-11H,1-3,7-8H2,(H,20,21)(H4,18,19,22,23). The van der Waals surface area contributed by atoms with Crippen LogP contribution in [0.3, 0.4) is 0 Å². The van der Waals surface area contributed by atoms with E-state index in [1.54, 1.807) is 6.20 Å². The van der Waals surface area contributed by atoms with E-state index in [1.807, 2.05) is 29.3 Å². The van der Waals surface area contributed by atoms with E-state index in [1.165, 1.54) is 6.42 Å². The third-order valence-electron chi connectivity index (χ3n) is 4.73. The molecule has 1 spiro atoms. The highest BCUT2D eigenvalue weighted by Crippen LogP contribution is 2.40. The van der Waals surface area contributed by atoms with Gasteiger partial charge in [-0.1, -0.05) is 18.6 Å². The zero-order chi connectivity index (χ0) is 16.6. The van der Waals surface area contributed by atoms with Gasteiger partial charge in [-0.05, 0) is 37.8 Å². The molecule has 7 nitrogen and oxygen atoms in total. The van der Waals surface area contributed by atoms with E-state index in [2.05, 4.69) is 21.0 Å². The molecule has 2 aliphatic rings. The van der Waals surface area contributed by atoms with Crippen molar-refractivity contribution in [2.75, 3.05) is 4.90 Å². The Morgan fingerprint density at radius 2 is 1.96 bits per heavy atom. The molecule has 1 aromatic carbocycles. The van der Waals surface area contributed by atoms with E-state index in [9.17, 15) is 0 Å². The van der Waals surface area contributed by atoms with Crippen LogP contribution in [0.15, 0.2) is 46.6 Å². The van der Waals surface area contributed by atoms with Gasteiger partial charge in [-0.3, -0.25) is 4.90 Å². The van der Waals surface area contributed by atoms with Crippen molar-refractivity contribution >= 4 is 17.6 Å². The summed E-state index contributed by atoms with van der Waals surface area (Å²) in [5, 5.41) is 0. The molecule has 1 aliphatic heterocycles. The molecule has 0 radical (unpaired) electrons. The highest BCUT2D eigenvalue weighted by Gasteiger charge is 2.42. The van der Waals surface area contributed by atoms with Crippen molar-refractivity contribution < 1.29 is 0 Å². The van der Waals surface area contributed by atoms with Crippen LogP contribution >= 0.6 is 0 Å². The first-order chi connectivity index (χ1) is 11.7. The summed E-state index contributed by atoms with van der Waals surface area (Å²) in [7, 11) is 0. The van der Waals surface area contributed by atoms with Crippen LogP contribution in [-0.4, -0.2) is 27.5 Å². The highest BCUT2D eigenvalue weighted by molar-refractivity contribution is 6.05. The number of rotatable bonds is 2. The van der Waals surface area contributed by atoms with Crippen LogP contribution in [0.25, 0.3) is 11.4 Å². The smallest absolute Gasteiger partial charge is 0.220 e. The molecule has 1 saturated carbocycles. The molecule has 0 bridgehead atoms. The number of aromatic amines is 1. The summed E-state index contributed by atoms with van der Waals surface area (Å²) in [5.41, 5.74) is 13.7. The molecule has 1 aromatic heterocycles. The van der Waals surface area contributed by atoms with Crippen molar-refractivity contribution in [2.24, 2.45) is 21.5 Å². The van der Waals surface area contributed by atoms with Crippen LogP contribution in [-0.2, 0) is 0 Å². The second kappa shape index (κ2) is 5.67. The van der Waals surface area contributed by atoms with Crippen LogP contribution in [0.4, 0.5) is 5.69 Å². The Kier molecular flexibility index (Phi) is 3.48. The van der Waals surface area contributed by atoms with E-state index >= 15 is 0 Å². The topological polar surface area (TPSA) is 109 Å². The molecule has 0 amide bonds. The van der Waals surface area contributed by atoms with Gasteiger partial charge in [-0.2, -0.15) is 4.99 Å². The lowest BCUT2D eigenvalue weighted by Crippen LogP contribution is -2.58. The average Bonchev–Trinajstić information content (AvgIpc) is 3.09. The Hall–Kier alpha value is -2.83. The number of hydrogen-bond acceptors (Lipinski definition) is 6. The average molecular weight is 323 g/mol. The number of benzene rings is 1. The molecule has 24 heavy (non-hydrogen) atoms. The number of nitrogens with two attached hydrogens (primary N) is 2. The number of imidazole rings is 1. The van der Waals surface area contributed by atoms with E-state index in [-0.39, 0.29) is 5.96 Å². The summed E-state index contributed by atoms with van der Waals surface area (Å²) in [6.07, 6.45) is 8.84. The van der Waals surface area contributed by atoms with Gasteiger partial charge in [0.05, 0.1) is 0 Å². The van der Waals surface area contributed by atoms with Crippen LogP contribution in [0.5, 0.6) is 0 Å². The van der Waals surface area contributed by atoms with Crippen LogP contribution in [0, 0.1) is 0 Å². The maximum Gasteiger partial charge on any atom is 0.220 e. The Balaban J connectivity index is 1.79. The summed E-state index contributed by atoms with van der Waals surface area (Å²) in [5.74, 6) is 1.50. The second-order valence-electron chi connectivity index (χ2n) is 6.31. The molecule has 0 unspecified atom stereocenters. The van der Waals surface area contributed by atoms with Gasteiger partial charge in [-0.25, -0.2) is 9.98 Å². The summed E-state index contributed by atoms with van der Waals surface area (Å²) in [6, 6.07) is 8.11. The maximum atomic E-state index is 6.27. The number of aromatic nitrogens is 2. The molecule has 0 atom stereocenters. The van der Waals surface area contributed by atoms with Crippen molar-refractivity contribution in [3.8, 4) is 11.4 Å². The lowest BCUT2D eigenvalue weighted by atomic mass is 9.87. The first-order valence-electron chi connectivity index (χ1n) is 8.27. The van der Waals surface area contributed by atoms with Crippen molar-refractivity contribution in [3.05, 3.63) is 36.7 Å². The van der Waals surface area contributed by atoms with E-state index < -0.39 is 5.66 Å². The predicted octanol–water partition coefficient (Wildman–Crippen LogP) is 2.19. The van der Waals surface area contributed by atoms with E-state index in [0.717, 1.165) is 42.8 Å². The molecule has 4 rings (SSSR count). The number of hydrogen-bond donors (Lipinski definition) is 3. The maximum absolute atomic E-state index is 6.27. The molecule has 124 valence electrons. The Morgan fingerprint density at radius 1 is 1.12 bits per heavy atom. The highest BCUT2D eigenvalue weighted by atomic mass is 15.4. The van der Waals surface area contributed by atoms with Gasteiger partial charge >= 0.3 is 0 Å². The Labute approximate surface area is 140 Å². The second-order valence-corrected chi connectivity index (χ2v) is 6.31. The molecule has 1 aliphatic carbocycles. The van der Waals surface area contributed by atoms with Crippen LogP contribution < -0.4 is 16.4 Å². The minimum Gasteiger partial charge on any atom is -0.369 e. The largest absolute Gasteiger partial charge is 0.369 e. The van der Waals surface area contributed by atoms with Crippen molar-refractivity contribution in [2.45, 2.75) is 37.8 Å². The van der Waals surface area contributed by atoms with E-state index in [0.29, 0.717) is 5.96 Å². The summed E-state index contributed by atoms with van der Waals surface area (Å²) >= 11 is 0. The summed E-state index contributed by atoms with van der Waals surface area (Å²) in [6.45, 7) is 0. The first-order valence-corrected chi connectivity index (χ1v) is 8.27. The van der Waals surface area contributed by atoms with Gasteiger partial charge in [-0.15, -0.1) is 0 Å². The van der Waals surface area contributed by atoms with Gasteiger partial charge in [0, 0.05) is 23.6 Å². The van der Waals surface area contributed by atoms with Gasteiger partial charge in [0.25, 0.3) is 0 Å². The van der Waals surface area contributed by atoms with Gasteiger partial charge in [0.15, 0.2) is 0 Å². The SMILES string of the molecule is NC1=NC2(CCCCC2)N(c2cccc(-c3ncc[nH]3)c2)C(N)=N1. The fourth-order valence-corrected chi connectivity index (χ4v) is 3.71. The predicted molar refractivity (Wildman–Crippen MR) is 95.6 cm³/mol. The number of nitrogens with zero attached hydrogens (tertiary/aromatic N) is 4.